The Morgan fingerprint density at radius 2 is 2.15 bits per heavy atom. The van der Waals surface area contributed by atoms with Crippen molar-refractivity contribution in [2.45, 2.75) is 19.8 Å². The van der Waals surface area contributed by atoms with Gasteiger partial charge in [0, 0.05) is 0 Å². The van der Waals surface area contributed by atoms with Crippen LogP contribution < -0.4 is 0 Å². The van der Waals surface area contributed by atoms with E-state index in [0.717, 1.165) is 25.2 Å². The second kappa shape index (κ2) is 4.64. The average Bonchev–Trinajstić information content (AvgIpc) is 2.86. The maximum Gasteiger partial charge on any atom is 0.333 e. The Bertz CT molecular complexity index is 228. The molecule has 0 amide bonds. The quantitative estimate of drug-likeness (QED) is 0.372. The second-order valence-electron chi connectivity index (χ2n) is 2.77. The van der Waals surface area contributed by atoms with E-state index in [1.54, 1.807) is 6.92 Å². The molecule has 1 aliphatic rings. The molecule has 72 valence electrons. The zero-order valence-corrected chi connectivity index (χ0v) is 7.49. The molecule has 0 unspecified atom stereocenters. The molecule has 0 aliphatic heterocycles. The molecule has 1 rings (SSSR count). The molecule has 0 heterocycles. The summed E-state index contributed by atoms with van der Waals surface area (Å²) in [6.45, 7) is 2.03. The third kappa shape index (κ3) is 3.73. The summed E-state index contributed by atoms with van der Waals surface area (Å²) < 4.78 is 9.25. The van der Waals surface area contributed by atoms with Crippen molar-refractivity contribution in [3.8, 4) is 0 Å². The number of rotatable bonds is 4. The summed E-state index contributed by atoms with van der Waals surface area (Å²) in [7, 11) is 0. The molecule has 1 aliphatic carbocycles. The Hall–Kier alpha value is -1.32. The summed E-state index contributed by atoms with van der Waals surface area (Å²) >= 11 is 0. The van der Waals surface area contributed by atoms with Crippen molar-refractivity contribution < 1.29 is 19.1 Å². The van der Waals surface area contributed by atoms with Crippen molar-refractivity contribution in [2.24, 2.45) is 5.92 Å². The predicted octanol–water partition coefficient (Wildman–Crippen LogP) is 1.02. The molecule has 0 atom stereocenters. The number of hydrogen-bond acceptors (Lipinski definition) is 4. The van der Waals surface area contributed by atoms with Crippen molar-refractivity contribution in [3.05, 3.63) is 12.3 Å². The molecule has 0 saturated heterocycles. The Balaban J connectivity index is 2.16. The van der Waals surface area contributed by atoms with Crippen LogP contribution in [0, 0.1) is 5.92 Å². The van der Waals surface area contributed by atoms with E-state index in [1.165, 1.54) is 0 Å². The maximum absolute atomic E-state index is 10.9. The first-order valence-corrected chi connectivity index (χ1v) is 4.28. The van der Waals surface area contributed by atoms with E-state index in [0.29, 0.717) is 6.61 Å². The van der Waals surface area contributed by atoms with Gasteiger partial charge in [-0.1, -0.05) is 0 Å². The number of esters is 2. The SMILES string of the molecule is CCOC(=O)/C=C/OC(=O)C1CC1. The lowest BCUT2D eigenvalue weighted by atomic mass is 10.4. The van der Waals surface area contributed by atoms with Crippen molar-refractivity contribution >= 4 is 11.9 Å². The van der Waals surface area contributed by atoms with Crippen LogP contribution in [0.1, 0.15) is 19.8 Å². The van der Waals surface area contributed by atoms with Gasteiger partial charge in [-0.15, -0.1) is 0 Å². The molecule has 1 fully saturated rings. The van der Waals surface area contributed by atoms with Crippen molar-refractivity contribution in [1.82, 2.24) is 0 Å². The van der Waals surface area contributed by atoms with Crippen LogP contribution in [0.25, 0.3) is 0 Å². The van der Waals surface area contributed by atoms with Gasteiger partial charge in [0.05, 0.1) is 18.6 Å². The van der Waals surface area contributed by atoms with Gasteiger partial charge in [0.2, 0.25) is 0 Å². The predicted molar refractivity (Wildman–Crippen MR) is 44.6 cm³/mol. The molecule has 0 spiro atoms. The maximum atomic E-state index is 10.9. The minimum Gasteiger partial charge on any atom is -0.463 e. The summed E-state index contributed by atoms with van der Waals surface area (Å²) in [4.78, 5) is 21.6. The zero-order valence-electron chi connectivity index (χ0n) is 7.49. The van der Waals surface area contributed by atoms with Gasteiger partial charge in [-0.2, -0.15) is 0 Å². The second-order valence-corrected chi connectivity index (χ2v) is 2.77. The molecule has 4 nitrogen and oxygen atoms in total. The Labute approximate surface area is 76.5 Å². The summed E-state index contributed by atoms with van der Waals surface area (Å²) in [5.41, 5.74) is 0. The van der Waals surface area contributed by atoms with Crippen molar-refractivity contribution in [1.29, 1.82) is 0 Å². The van der Waals surface area contributed by atoms with E-state index in [2.05, 4.69) is 9.47 Å². The molecule has 4 heteroatoms. The topological polar surface area (TPSA) is 52.6 Å². The minimum atomic E-state index is -0.494. The summed E-state index contributed by atoms with van der Waals surface area (Å²) in [6, 6.07) is 0. The van der Waals surface area contributed by atoms with Crippen LogP contribution in [0.2, 0.25) is 0 Å². The first-order chi connectivity index (χ1) is 6.24. The highest BCUT2D eigenvalue weighted by atomic mass is 16.5. The number of carbonyl (C=O) groups is 2. The third-order valence-corrected chi connectivity index (χ3v) is 1.59. The van der Waals surface area contributed by atoms with E-state index in [9.17, 15) is 9.59 Å². The summed E-state index contributed by atoms with van der Waals surface area (Å²) in [6.07, 6.45) is 3.97. The third-order valence-electron chi connectivity index (χ3n) is 1.59. The largest absolute Gasteiger partial charge is 0.463 e. The van der Waals surface area contributed by atoms with E-state index < -0.39 is 5.97 Å². The van der Waals surface area contributed by atoms with Gasteiger partial charge < -0.3 is 9.47 Å². The van der Waals surface area contributed by atoms with Gasteiger partial charge in [0.1, 0.15) is 6.26 Å². The van der Waals surface area contributed by atoms with E-state index >= 15 is 0 Å². The molecule has 1 saturated carbocycles. The van der Waals surface area contributed by atoms with Gasteiger partial charge in [-0.25, -0.2) is 4.79 Å². The molecule has 0 bridgehead atoms. The molecule has 0 aromatic carbocycles. The van der Waals surface area contributed by atoms with Gasteiger partial charge in [0.25, 0.3) is 0 Å². The van der Waals surface area contributed by atoms with Gasteiger partial charge in [-0.05, 0) is 19.8 Å². The van der Waals surface area contributed by atoms with Crippen LogP contribution >= 0.6 is 0 Å². The highest BCUT2D eigenvalue weighted by Crippen LogP contribution is 2.29. The van der Waals surface area contributed by atoms with Gasteiger partial charge in [-0.3, -0.25) is 4.79 Å². The molecular weight excluding hydrogens is 172 g/mol. The molecule has 0 radical (unpaired) electrons. The van der Waals surface area contributed by atoms with Gasteiger partial charge >= 0.3 is 11.9 Å². The Morgan fingerprint density at radius 3 is 2.69 bits per heavy atom. The van der Waals surface area contributed by atoms with Crippen molar-refractivity contribution in [2.75, 3.05) is 6.61 Å². The highest BCUT2D eigenvalue weighted by molar-refractivity contribution is 5.82. The fourth-order valence-corrected chi connectivity index (χ4v) is 0.762. The van der Waals surface area contributed by atoms with Crippen LogP contribution in [0.4, 0.5) is 0 Å². The first-order valence-electron chi connectivity index (χ1n) is 4.28. The summed E-state index contributed by atoms with van der Waals surface area (Å²) in [5.74, 6) is -0.710. The zero-order chi connectivity index (χ0) is 9.68. The Kier molecular flexibility index (Phi) is 3.49. The fraction of sp³-hybridized carbons (Fsp3) is 0.556. The van der Waals surface area contributed by atoms with Gasteiger partial charge in [0.15, 0.2) is 0 Å². The van der Waals surface area contributed by atoms with E-state index in [-0.39, 0.29) is 11.9 Å². The molecule has 0 aromatic rings. The standard InChI is InChI=1S/C9H12O4/c1-2-12-8(10)5-6-13-9(11)7-3-4-7/h5-7H,2-4H2,1H3/b6-5+. The average molecular weight is 184 g/mol. The number of hydrogen-bond donors (Lipinski definition) is 0. The fourth-order valence-electron chi connectivity index (χ4n) is 0.762. The van der Waals surface area contributed by atoms with Crippen LogP contribution in [-0.4, -0.2) is 18.5 Å². The van der Waals surface area contributed by atoms with Crippen LogP contribution in [0.3, 0.4) is 0 Å². The lowest BCUT2D eigenvalue weighted by Crippen LogP contribution is -2.03. The lowest BCUT2D eigenvalue weighted by molar-refractivity contribution is -0.139. The molecule has 13 heavy (non-hydrogen) atoms. The van der Waals surface area contributed by atoms with E-state index in [1.807, 2.05) is 0 Å². The normalized spacial score (nSPS) is 15.8. The summed E-state index contributed by atoms with van der Waals surface area (Å²) in [5, 5.41) is 0. The monoisotopic (exact) mass is 184 g/mol. The van der Waals surface area contributed by atoms with Crippen LogP contribution in [0.15, 0.2) is 12.3 Å². The molecule has 0 N–H and O–H groups in total. The first kappa shape index (κ1) is 9.77. The Morgan fingerprint density at radius 1 is 1.46 bits per heavy atom. The van der Waals surface area contributed by atoms with E-state index in [4.69, 9.17) is 0 Å². The smallest absolute Gasteiger partial charge is 0.333 e. The highest BCUT2D eigenvalue weighted by Gasteiger charge is 2.30. The number of ether oxygens (including phenoxy) is 2. The van der Waals surface area contributed by atoms with Crippen LogP contribution in [-0.2, 0) is 19.1 Å². The molecular formula is C9H12O4. The van der Waals surface area contributed by atoms with Crippen molar-refractivity contribution in [3.63, 3.8) is 0 Å². The lowest BCUT2D eigenvalue weighted by Gasteiger charge is -1.96. The van der Waals surface area contributed by atoms with Crippen LogP contribution in [0.5, 0.6) is 0 Å². The molecule has 0 aromatic heterocycles. The minimum absolute atomic E-state index is 0.0480. The number of carbonyl (C=O) groups excluding carboxylic acids is 2.